The van der Waals surface area contributed by atoms with E-state index in [1.807, 2.05) is 0 Å². The summed E-state index contributed by atoms with van der Waals surface area (Å²) in [5, 5.41) is 17.9. The van der Waals surface area contributed by atoms with Gasteiger partial charge in [0, 0.05) is 24.0 Å². The molecule has 0 radical (unpaired) electrons. The molecule has 0 aliphatic carbocycles. The summed E-state index contributed by atoms with van der Waals surface area (Å²) in [5.41, 5.74) is 0.0546. The van der Waals surface area contributed by atoms with Crippen LogP contribution in [-0.4, -0.2) is 24.7 Å². The lowest BCUT2D eigenvalue weighted by Gasteiger charge is -2.05. The second-order valence-electron chi connectivity index (χ2n) is 5.50. The maximum absolute atomic E-state index is 13.6. The highest BCUT2D eigenvalue weighted by Crippen LogP contribution is 2.37. The summed E-state index contributed by atoms with van der Waals surface area (Å²) in [4.78, 5) is 4.22. The van der Waals surface area contributed by atoms with E-state index in [1.165, 1.54) is 16.7 Å². The molecular weight excluding hydrogens is 408 g/mol. The summed E-state index contributed by atoms with van der Waals surface area (Å²) in [5.74, 6) is -1.45. The molecule has 4 rings (SSSR count). The Morgan fingerprint density at radius 3 is 2.56 bits per heavy atom. The number of imidazole rings is 1. The van der Waals surface area contributed by atoms with E-state index >= 15 is 0 Å². The average molecular weight is 415 g/mol. The van der Waals surface area contributed by atoms with Gasteiger partial charge in [-0.2, -0.15) is 13.2 Å². The normalized spacial score (nSPS) is 12.0. The average Bonchev–Trinajstić information content (AvgIpc) is 3.23. The molecule has 4 aromatic rings. The highest BCUT2D eigenvalue weighted by atomic mass is 35.5. The van der Waals surface area contributed by atoms with Gasteiger partial charge in [0.25, 0.3) is 0 Å². The number of nitrogens with zero attached hydrogens (tertiary/aromatic N) is 4. The van der Waals surface area contributed by atoms with Crippen molar-refractivity contribution in [2.75, 3.05) is 0 Å². The third kappa shape index (κ3) is 3.21. The highest BCUT2D eigenvalue weighted by Gasteiger charge is 2.31. The molecule has 0 saturated heterocycles. The van der Waals surface area contributed by atoms with E-state index in [-0.39, 0.29) is 15.6 Å². The zero-order valence-corrected chi connectivity index (χ0v) is 14.6. The number of pyridine rings is 1. The zero-order valence-electron chi connectivity index (χ0n) is 13.0. The van der Waals surface area contributed by atoms with Crippen molar-refractivity contribution in [3.05, 3.63) is 53.1 Å². The second-order valence-corrected chi connectivity index (χ2v) is 6.89. The van der Waals surface area contributed by atoms with Crippen LogP contribution in [0.15, 0.2) is 36.7 Å². The maximum Gasteiger partial charge on any atom is 0.417 e. The molecule has 0 fully saturated rings. The van der Waals surface area contributed by atoms with Crippen molar-refractivity contribution in [1.29, 1.82) is 0 Å². The first-order valence-corrected chi connectivity index (χ1v) is 8.50. The van der Waals surface area contributed by atoms with Crippen LogP contribution < -0.4 is 0 Å². The number of benzene rings is 1. The fourth-order valence-corrected chi connectivity index (χ4v) is 3.53. The van der Waals surface area contributed by atoms with E-state index in [4.69, 9.17) is 11.6 Å². The van der Waals surface area contributed by atoms with E-state index < -0.39 is 23.3 Å². The molecule has 27 heavy (non-hydrogen) atoms. The van der Waals surface area contributed by atoms with Gasteiger partial charge in [0.2, 0.25) is 0 Å². The summed E-state index contributed by atoms with van der Waals surface area (Å²) in [6.45, 7) is 0. The number of halogens is 5. The number of aromatic hydroxyl groups is 1. The van der Waals surface area contributed by atoms with Gasteiger partial charge in [0.05, 0.1) is 10.6 Å². The van der Waals surface area contributed by atoms with Crippen LogP contribution in [0.25, 0.3) is 26.9 Å². The van der Waals surface area contributed by atoms with Crippen molar-refractivity contribution >= 4 is 28.6 Å². The minimum absolute atomic E-state index is 0.0846. The monoisotopic (exact) mass is 414 g/mol. The lowest BCUT2D eigenvalue weighted by Crippen LogP contribution is -2.05. The quantitative estimate of drug-likeness (QED) is 0.467. The molecule has 1 aromatic carbocycles. The number of hydrogen-bond acceptors (Lipinski definition) is 5. The Bertz CT molecular complexity index is 1170. The maximum atomic E-state index is 13.6. The first-order chi connectivity index (χ1) is 12.7. The molecule has 0 unspecified atom stereocenters. The van der Waals surface area contributed by atoms with Gasteiger partial charge in [-0.3, -0.25) is 0 Å². The molecule has 0 bridgehead atoms. The van der Waals surface area contributed by atoms with Gasteiger partial charge in [-0.05, 0) is 18.2 Å². The molecule has 3 aromatic heterocycles. The molecule has 1 N–H and O–H groups in total. The lowest BCUT2D eigenvalue weighted by molar-refractivity contribution is -0.137. The van der Waals surface area contributed by atoms with Crippen LogP contribution in [0.2, 0.25) is 5.02 Å². The van der Waals surface area contributed by atoms with E-state index in [0.29, 0.717) is 16.3 Å². The van der Waals surface area contributed by atoms with Crippen LogP contribution in [-0.2, 0) is 6.18 Å². The number of aromatic nitrogens is 4. The molecule has 0 aliphatic heterocycles. The van der Waals surface area contributed by atoms with Crippen molar-refractivity contribution in [2.45, 2.75) is 6.18 Å². The Labute approximate surface area is 157 Å². The number of rotatable bonds is 2. The van der Waals surface area contributed by atoms with Gasteiger partial charge in [0.1, 0.15) is 16.3 Å². The number of phenols is 1. The lowest BCUT2D eigenvalue weighted by atomic mass is 10.2. The molecule has 0 spiro atoms. The second kappa shape index (κ2) is 6.17. The number of hydrogen-bond donors (Lipinski definition) is 1. The molecule has 5 nitrogen and oxygen atoms in total. The molecular formula is C16H7ClF4N4OS. The predicted molar refractivity (Wildman–Crippen MR) is 91.2 cm³/mol. The molecule has 11 heteroatoms. The van der Waals surface area contributed by atoms with Crippen molar-refractivity contribution in [2.24, 2.45) is 0 Å². The van der Waals surface area contributed by atoms with E-state index in [0.717, 1.165) is 35.7 Å². The number of fused-ring (bicyclic) bond motifs is 1. The highest BCUT2D eigenvalue weighted by molar-refractivity contribution is 7.18. The van der Waals surface area contributed by atoms with Gasteiger partial charge in [0.15, 0.2) is 16.6 Å². The van der Waals surface area contributed by atoms with Gasteiger partial charge < -0.3 is 9.51 Å². The Hall–Kier alpha value is -2.72. The third-order valence-electron chi connectivity index (χ3n) is 3.69. The van der Waals surface area contributed by atoms with Crippen molar-refractivity contribution in [1.82, 2.24) is 19.6 Å². The first kappa shape index (κ1) is 17.7. The molecule has 0 saturated carbocycles. The fourth-order valence-electron chi connectivity index (χ4n) is 2.40. The summed E-state index contributed by atoms with van der Waals surface area (Å²) in [6.07, 6.45) is -2.14. The summed E-state index contributed by atoms with van der Waals surface area (Å²) < 4.78 is 53.3. The Balaban J connectivity index is 1.74. The van der Waals surface area contributed by atoms with Crippen LogP contribution in [0, 0.1) is 5.82 Å². The van der Waals surface area contributed by atoms with Gasteiger partial charge in [-0.15, -0.1) is 10.2 Å². The van der Waals surface area contributed by atoms with Crippen LogP contribution in [0.5, 0.6) is 5.75 Å². The predicted octanol–water partition coefficient (Wildman–Crippen LogP) is 5.04. The van der Waals surface area contributed by atoms with E-state index in [1.54, 1.807) is 0 Å². The summed E-state index contributed by atoms with van der Waals surface area (Å²) in [6, 6.07) is 4.27. The minimum atomic E-state index is -4.46. The molecule has 138 valence electrons. The first-order valence-electron chi connectivity index (χ1n) is 7.30. The summed E-state index contributed by atoms with van der Waals surface area (Å²) >= 11 is 7.04. The molecule has 3 heterocycles. The number of phenolic OH excluding ortho intramolecular Hbond substituents is 1. The zero-order chi connectivity index (χ0) is 19.3. The van der Waals surface area contributed by atoms with Crippen LogP contribution in [0.3, 0.4) is 0 Å². The Morgan fingerprint density at radius 1 is 1.07 bits per heavy atom. The fraction of sp³-hybridized carbons (Fsp3) is 0.0625. The van der Waals surface area contributed by atoms with Crippen LogP contribution in [0.1, 0.15) is 5.56 Å². The van der Waals surface area contributed by atoms with E-state index in [2.05, 4.69) is 15.2 Å². The summed E-state index contributed by atoms with van der Waals surface area (Å²) in [7, 11) is 0. The minimum Gasteiger partial charge on any atom is -0.505 e. The molecule has 0 atom stereocenters. The SMILES string of the molecule is Oc1cc(Cl)c(-c2nnc(-c3cn4cc(C(F)(F)F)ccc4n3)s2)cc1F. The largest absolute Gasteiger partial charge is 0.505 e. The third-order valence-corrected chi connectivity index (χ3v) is 4.98. The standard InChI is InChI=1S/C16H7ClF4N4OS/c17-9-4-12(26)10(18)3-8(9)14-23-24-15(27-14)11-6-25-5-7(16(19,20)21)1-2-13(25)22-11/h1-6,26H. The smallest absolute Gasteiger partial charge is 0.417 e. The van der Waals surface area contributed by atoms with Crippen LogP contribution in [0.4, 0.5) is 17.6 Å². The van der Waals surface area contributed by atoms with Gasteiger partial charge in [-0.25, -0.2) is 9.37 Å². The van der Waals surface area contributed by atoms with Crippen molar-refractivity contribution in [3.8, 4) is 27.0 Å². The van der Waals surface area contributed by atoms with E-state index in [9.17, 15) is 22.7 Å². The van der Waals surface area contributed by atoms with Gasteiger partial charge in [-0.1, -0.05) is 22.9 Å². The number of alkyl halides is 3. The topological polar surface area (TPSA) is 63.3 Å². The molecule has 0 amide bonds. The van der Waals surface area contributed by atoms with Crippen molar-refractivity contribution in [3.63, 3.8) is 0 Å². The Kier molecular flexibility index (Phi) is 4.04. The molecule has 0 aliphatic rings. The van der Waals surface area contributed by atoms with Gasteiger partial charge >= 0.3 is 6.18 Å². The Morgan fingerprint density at radius 2 is 1.81 bits per heavy atom. The van der Waals surface area contributed by atoms with Crippen molar-refractivity contribution < 1.29 is 22.7 Å². The van der Waals surface area contributed by atoms with Crippen LogP contribution >= 0.6 is 22.9 Å².